The Bertz CT molecular complexity index is 562. The van der Waals surface area contributed by atoms with Crippen molar-refractivity contribution in [3.05, 3.63) is 47.8 Å². The third kappa shape index (κ3) is 4.62. The second-order valence-electron chi connectivity index (χ2n) is 5.83. The molecular formula is C16H21N3S. The first-order valence-corrected chi connectivity index (χ1v) is 7.55. The molecule has 2 rings (SSSR count). The number of benzene rings is 1. The second kappa shape index (κ2) is 6.37. The quantitative estimate of drug-likeness (QED) is 0.867. The van der Waals surface area contributed by atoms with E-state index in [0.717, 1.165) is 11.7 Å². The fourth-order valence-electron chi connectivity index (χ4n) is 1.73. The third-order valence-corrected chi connectivity index (χ3v) is 3.76. The van der Waals surface area contributed by atoms with Crippen LogP contribution < -0.4 is 5.32 Å². The summed E-state index contributed by atoms with van der Waals surface area (Å²) in [6.45, 7) is 9.58. The van der Waals surface area contributed by atoms with Crippen molar-refractivity contribution in [2.75, 3.05) is 0 Å². The minimum absolute atomic E-state index is 0.137. The first-order chi connectivity index (χ1) is 9.44. The molecule has 0 spiro atoms. The molecule has 2 aromatic rings. The van der Waals surface area contributed by atoms with E-state index in [-0.39, 0.29) is 5.54 Å². The van der Waals surface area contributed by atoms with Crippen LogP contribution in [0.25, 0.3) is 0 Å². The fraction of sp³-hybridized carbons (Fsp3) is 0.375. The molecule has 0 aliphatic heterocycles. The Balaban J connectivity index is 2.06. The van der Waals surface area contributed by atoms with Gasteiger partial charge in [0.2, 0.25) is 0 Å². The number of aromatic nitrogens is 2. The monoisotopic (exact) mass is 287 g/mol. The van der Waals surface area contributed by atoms with Gasteiger partial charge in [0.25, 0.3) is 0 Å². The van der Waals surface area contributed by atoms with Crippen molar-refractivity contribution in [3.8, 4) is 0 Å². The van der Waals surface area contributed by atoms with Crippen LogP contribution in [-0.4, -0.2) is 15.5 Å². The molecule has 0 fully saturated rings. The van der Waals surface area contributed by atoms with Gasteiger partial charge in [-0.3, -0.25) is 0 Å². The molecule has 0 atom stereocenters. The summed E-state index contributed by atoms with van der Waals surface area (Å²) in [5, 5.41) is 4.30. The molecule has 0 radical (unpaired) electrons. The van der Waals surface area contributed by atoms with Crippen molar-refractivity contribution in [2.45, 2.75) is 49.8 Å². The van der Waals surface area contributed by atoms with Crippen LogP contribution in [-0.2, 0) is 6.54 Å². The normalized spacial score (nSPS) is 11.6. The lowest BCUT2D eigenvalue weighted by molar-refractivity contribution is 0.424. The molecule has 4 heteroatoms. The summed E-state index contributed by atoms with van der Waals surface area (Å²) in [5.41, 5.74) is 2.76. The Morgan fingerprint density at radius 3 is 2.45 bits per heavy atom. The van der Waals surface area contributed by atoms with E-state index in [1.807, 2.05) is 6.07 Å². The van der Waals surface area contributed by atoms with Crippen LogP contribution in [0.15, 0.2) is 46.7 Å². The molecule has 1 N–H and O–H groups in total. The van der Waals surface area contributed by atoms with Crippen molar-refractivity contribution in [1.82, 2.24) is 15.3 Å². The molecule has 20 heavy (non-hydrogen) atoms. The maximum absolute atomic E-state index is 4.23. The average Bonchev–Trinajstić information content (AvgIpc) is 2.38. The van der Waals surface area contributed by atoms with Gasteiger partial charge in [0, 0.05) is 29.4 Å². The van der Waals surface area contributed by atoms with Crippen molar-refractivity contribution in [1.29, 1.82) is 0 Å². The number of nitrogens with zero attached hydrogens (tertiary/aromatic N) is 2. The van der Waals surface area contributed by atoms with Crippen LogP contribution in [0.4, 0.5) is 0 Å². The van der Waals surface area contributed by atoms with Gasteiger partial charge in [-0.05, 0) is 68.8 Å². The highest BCUT2D eigenvalue weighted by molar-refractivity contribution is 7.99. The SMILES string of the molecule is Cc1cc(Sc2ncccn2)ccc1CNC(C)(C)C. The van der Waals surface area contributed by atoms with Gasteiger partial charge in [-0.1, -0.05) is 6.07 Å². The van der Waals surface area contributed by atoms with Gasteiger partial charge in [0.15, 0.2) is 5.16 Å². The number of rotatable bonds is 4. The molecular weight excluding hydrogens is 266 g/mol. The van der Waals surface area contributed by atoms with Crippen LogP contribution in [0.3, 0.4) is 0 Å². The predicted molar refractivity (Wildman–Crippen MR) is 83.9 cm³/mol. The molecule has 0 bridgehead atoms. The van der Waals surface area contributed by atoms with Crippen molar-refractivity contribution in [2.24, 2.45) is 0 Å². The minimum atomic E-state index is 0.137. The maximum atomic E-state index is 4.23. The third-order valence-electron chi connectivity index (χ3n) is 2.87. The number of hydrogen-bond acceptors (Lipinski definition) is 4. The number of nitrogens with one attached hydrogen (secondary N) is 1. The Morgan fingerprint density at radius 2 is 1.85 bits per heavy atom. The van der Waals surface area contributed by atoms with Crippen molar-refractivity contribution in [3.63, 3.8) is 0 Å². The first-order valence-electron chi connectivity index (χ1n) is 6.73. The standard InChI is InChI=1S/C16H21N3S/c1-12-10-14(20-15-17-8-5-9-18-15)7-6-13(12)11-19-16(2,3)4/h5-10,19H,11H2,1-4H3. The summed E-state index contributed by atoms with van der Waals surface area (Å²) >= 11 is 1.59. The van der Waals surface area contributed by atoms with Crippen LogP contribution in [0, 0.1) is 6.92 Å². The van der Waals surface area contributed by atoms with Gasteiger partial charge >= 0.3 is 0 Å². The second-order valence-corrected chi connectivity index (χ2v) is 6.87. The first kappa shape index (κ1) is 15.0. The van der Waals surface area contributed by atoms with Gasteiger partial charge in [-0.15, -0.1) is 0 Å². The smallest absolute Gasteiger partial charge is 0.192 e. The summed E-state index contributed by atoms with van der Waals surface area (Å²) in [6.07, 6.45) is 3.54. The molecule has 3 nitrogen and oxygen atoms in total. The molecule has 106 valence electrons. The topological polar surface area (TPSA) is 37.8 Å². The lowest BCUT2D eigenvalue weighted by atomic mass is 10.1. The highest BCUT2D eigenvalue weighted by Gasteiger charge is 2.10. The van der Waals surface area contributed by atoms with Crippen LogP contribution in [0.1, 0.15) is 31.9 Å². The van der Waals surface area contributed by atoms with E-state index in [4.69, 9.17) is 0 Å². The zero-order valence-electron chi connectivity index (χ0n) is 12.5. The van der Waals surface area contributed by atoms with E-state index < -0.39 is 0 Å². The predicted octanol–water partition coefficient (Wildman–Crippen LogP) is 3.82. The fourth-order valence-corrected chi connectivity index (χ4v) is 2.54. The minimum Gasteiger partial charge on any atom is -0.308 e. The van der Waals surface area contributed by atoms with E-state index in [1.165, 1.54) is 16.0 Å². The molecule has 1 heterocycles. The molecule has 0 saturated heterocycles. The van der Waals surface area contributed by atoms with Gasteiger partial charge < -0.3 is 5.32 Å². The largest absolute Gasteiger partial charge is 0.308 e. The average molecular weight is 287 g/mol. The van der Waals surface area contributed by atoms with E-state index in [0.29, 0.717) is 0 Å². The van der Waals surface area contributed by atoms with Crippen LogP contribution >= 0.6 is 11.8 Å². The summed E-state index contributed by atoms with van der Waals surface area (Å²) in [5.74, 6) is 0. The Morgan fingerprint density at radius 1 is 1.15 bits per heavy atom. The number of hydrogen-bond donors (Lipinski definition) is 1. The van der Waals surface area contributed by atoms with Crippen LogP contribution in [0.5, 0.6) is 0 Å². The van der Waals surface area contributed by atoms with E-state index in [9.17, 15) is 0 Å². The Labute approximate surface area is 125 Å². The van der Waals surface area contributed by atoms with Gasteiger partial charge in [-0.2, -0.15) is 0 Å². The highest BCUT2D eigenvalue weighted by Crippen LogP contribution is 2.26. The zero-order valence-corrected chi connectivity index (χ0v) is 13.3. The zero-order chi connectivity index (χ0) is 14.6. The van der Waals surface area contributed by atoms with Gasteiger partial charge in [0.1, 0.15) is 0 Å². The van der Waals surface area contributed by atoms with Crippen molar-refractivity contribution >= 4 is 11.8 Å². The van der Waals surface area contributed by atoms with Gasteiger partial charge in [0.05, 0.1) is 0 Å². The molecule has 0 saturated carbocycles. The summed E-state index contributed by atoms with van der Waals surface area (Å²) in [7, 11) is 0. The summed E-state index contributed by atoms with van der Waals surface area (Å²) in [4.78, 5) is 9.64. The molecule has 0 aliphatic carbocycles. The van der Waals surface area contributed by atoms with E-state index >= 15 is 0 Å². The lowest BCUT2D eigenvalue weighted by Crippen LogP contribution is -2.35. The van der Waals surface area contributed by atoms with E-state index in [2.05, 4.69) is 61.2 Å². The molecule has 0 amide bonds. The van der Waals surface area contributed by atoms with Gasteiger partial charge in [-0.25, -0.2) is 9.97 Å². The number of aryl methyl sites for hydroxylation is 1. The lowest BCUT2D eigenvalue weighted by Gasteiger charge is -2.21. The Hall–Kier alpha value is -1.39. The van der Waals surface area contributed by atoms with Crippen LogP contribution in [0.2, 0.25) is 0 Å². The van der Waals surface area contributed by atoms with Crippen molar-refractivity contribution < 1.29 is 0 Å². The summed E-state index contributed by atoms with van der Waals surface area (Å²) in [6, 6.07) is 8.34. The molecule has 1 aromatic carbocycles. The summed E-state index contributed by atoms with van der Waals surface area (Å²) < 4.78 is 0. The highest BCUT2D eigenvalue weighted by atomic mass is 32.2. The maximum Gasteiger partial charge on any atom is 0.192 e. The Kier molecular flexibility index (Phi) is 4.78. The molecule has 1 aromatic heterocycles. The van der Waals surface area contributed by atoms with E-state index in [1.54, 1.807) is 24.2 Å². The molecule has 0 unspecified atom stereocenters. The molecule has 0 aliphatic rings.